The average Bonchev–Trinajstić information content (AvgIpc) is 2.44. The predicted octanol–water partition coefficient (Wildman–Crippen LogP) is 4.16. The topological polar surface area (TPSA) is 39.2 Å². The smallest absolute Gasteiger partial charge is 0.311 e. The summed E-state index contributed by atoms with van der Waals surface area (Å²) in [6.45, 7) is 3.48. The van der Waals surface area contributed by atoms with Gasteiger partial charge in [-0.2, -0.15) is 0 Å². The Morgan fingerprint density at radius 2 is 2.00 bits per heavy atom. The molecule has 1 aromatic heterocycles. The molecule has 104 valence electrons. The lowest BCUT2D eigenvalue weighted by atomic mass is 10.0. The molecule has 2 rings (SSSR count). The van der Waals surface area contributed by atoms with Crippen molar-refractivity contribution in [3.63, 3.8) is 0 Å². The quantitative estimate of drug-likeness (QED) is 0.798. The molecule has 0 spiro atoms. The summed E-state index contributed by atoms with van der Waals surface area (Å²) < 4.78 is 18.1. The van der Waals surface area contributed by atoms with Crippen LogP contribution in [0.4, 0.5) is 4.39 Å². The Morgan fingerprint density at radius 3 is 2.60 bits per heavy atom. The van der Waals surface area contributed by atoms with Crippen molar-refractivity contribution in [2.24, 2.45) is 0 Å². The number of pyridine rings is 1. The van der Waals surface area contributed by atoms with Crippen molar-refractivity contribution in [2.45, 2.75) is 20.3 Å². The number of halogens is 2. The fraction of sp³-hybridized carbons (Fsp3) is 0.200. The van der Waals surface area contributed by atoms with E-state index in [1.54, 1.807) is 26.0 Å². The van der Waals surface area contributed by atoms with E-state index >= 15 is 0 Å². The minimum absolute atomic E-state index is 0.212. The third-order valence-corrected chi connectivity index (χ3v) is 3.19. The zero-order chi connectivity index (χ0) is 14.7. The summed E-state index contributed by atoms with van der Waals surface area (Å²) in [7, 11) is 0. The number of ether oxygens (including phenoxy) is 1. The van der Waals surface area contributed by atoms with Crippen molar-refractivity contribution in [2.75, 3.05) is 0 Å². The van der Waals surface area contributed by atoms with E-state index in [0.29, 0.717) is 16.3 Å². The molecular formula is C15H13ClFNO2. The van der Waals surface area contributed by atoms with Gasteiger partial charge in [0.25, 0.3) is 0 Å². The summed E-state index contributed by atoms with van der Waals surface area (Å²) in [5.41, 5.74) is 2.03. The van der Waals surface area contributed by atoms with E-state index in [-0.39, 0.29) is 24.0 Å². The first-order valence-corrected chi connectivity index (χ1v) is 6.52. The number of nitrogens with zero attached hydrogens (tertiary/aromatic N) is 1. The van der Waals surface area contributed by atoms with Crippen LogP contribution in [0.5, 0.6) is 5.75 Å². The molecule has 0 unspecified atom stereocenters. The summed E-state index contributed by atoms with van der Waals surface area (Å²) in [5, 5.41) is 0.297. The third-order valence-electron chi connectivity index (χ3n) is 2.82. The molecular weight excluding hydrogens is 281 g/mol. The molecule has 0 N–H and O–H groups in total. The molecule has 20 heavy (non-hydrogen) atoms. The van der Waals surface area contributed by atoms with E-state index in [4.69, 9.17) is 16.3 Å². The van der Waals surface area contributed by atoms with Gasteiger partial charge in [-0.05, 0) is 24.6 Å². The highest BCUT2D eigenvalue weighted by molar-refractivity contribution is 6.35. The van der Waals surface area contributed by atoms with E-state index < -0.39 is 0 Å². The Kier molecular flexibility index (Phi) is 4.35. The number of aryl methyl sites for hydroxylation is 1. The first-order chi connectivity index (χ1) is 9.52. The minimum atomic E-state index is -0.386. The average molecular weight is 294 g/mol. The van der Waals surface area contributed by atoms with Crippen molar-refractivity contribution >= 4 is 17.6 Å². The fourth-order valence-electron chi connectivity index (χ4n) is 1.78. The molecule has 0 bridgehead atoms. The highest BCUT2D eigenvalue weighted by Crippen LogP contribution is 2.36. The Balaban J connectivity index is 2.49. The van der Waals surface area contributed by atoms with Gasteiger partial charge in [-0.15, -0.1) is 0 Å². The monoisotopic (exact) mass is 293 g/mol. The van der Waals surface area contributed by atoms with Gasteiger partial charge in [-0.3, -0.25) is 9.78 Å². The molecule has 0 atom stereocenters. The molecule has 2 aromatic rings. The molecule has 0 saturated carbocycles. The van der Waals surface area contributed by atoms with Crippen LogP contribution in [0.15, 0.2) is 30.5 Å². The van der Waals surface area contributed by atoms with Crippen LogP contribution in [-0.4, -0.2) is 11.0 Å². The van der Waals surface area contributed by atoms with Gasteiger partial charge < -0.3 is 4.74 Å². The summed E-state index contributed by atoms with van der Waals surface area (Å²) in [6.07, 6.45) is 1.66. The summed E-state index contributed by atoms with van der Waals surface area (Å²) in [4.78, 5) is 15.5. The van der Waals surface area contributed by atoms with Gasteiger partial charge >= 0.3 is 5.97 Å². The number of benzene rings is 1. The molecule has 1 heterocycles. The fourth-order valence-corrected chi connectivity index (χ4v) is 2.11. The predicted molar refractivity (Wildman–Crippen MR) is 75.3 cm³/mol. The Labute approximate surface area is 121 Å². The molecule has 0 aliphatic rings. The molecule has 0 saturated heterocycles. The van der Waals surface area contributed by atoms with Gasteiger partial charge in [-0.25, -0.2) is 4.39 Å². The zero-order valence-corrected chi connectivity index (χ0v) is 11.9. The molecule has 1 aromatic carbocycles. The van der Waals surface area contributed by atoms with Gasteiger partial charge in [-0.1, -0.05) is 30.7 Å². The van der Waals surface area contributed by atoms with E-state index in [0.717, 1.165) is 5.56 Å². The summed E-state index contributed by atoms with van der Waals surface area (Å²) in [6, 6.07) is 5.90. The summed E-state index contributed by atoms with van der Waals surface area (Å²) >= 11 is 6.28. The van der Waals surface area contributed by atoms with E-state index in [1.165, 1.54) is 18.3 Å². The maximum atomic E-state index is 13.0. The van der Waals surface area contributed by atoms with Crippen LogP contribution in [0.2, 0.25) is 5.02 Å². The number of esters is 1. The number of carbonyl (C=O) groups is 1. The lowest BCUT2D eigenvalue weighted by Gasteiger charge is -2.12. The molecule has 0 aliphatic heterocycles. The third kappa shape index (κ3) is 2.96. The van der Waals surface area contributed by atoms with Crippen LogP contribution in [0.1, 0.15) is 19.0 Å². The van der Waals surface area contributed by atoms with Crippen LogP contribution in [0.25, 0.3) is 11.1 Å². The van der Waals surface area contributed by atoms with Crippen molar-refractivity contribution < 1.29 is 13.9 Å². The SMILES string of the molecule is CCC(=O)Oc1cnc(C)c(-c2ccc(F)cc2)c1Cl. The first kappa shape index (κ1) is 14.5. The molecule has 0 aliphatic carbocycles. The maximum absolute atomic E-state index is 13.0. The molecule has 0 amide bonds. The second-order valence-corrected chi connectivity index (χ2v) is 4.61. The van der Waals surface area contributed by atoms with Gasteiger partial charge in [0.05, 0.1) is 11.2 Å². The number of hydrogen-bond donors (Lipinski definition) is 0. The van der Waals surface area contributed by atoms with Gasteiger partial charge in [0.2, 0.25) is 0 Å². The second-order valence-electron chi connectivity index (χ2n) is 4.23. The summed E-state index contributed by atoms with van der Waals surface area (Å²) in [5.74, 6) is -0.505. The van der Waals surface area contributed by atoms with Crippen LogP contribution in [-0.2, 0) is 4.79 Å². The van der Waals surface area contributed by atoms with Crippen LogP contribution in [0, 0.1) is 12.7 Å². The highest BCUT2D eigenvalue weighted by Gasteiger charge is 2.15. The number of rotatable bonds is 3. The van der Waals surface area contributed by atoms with E-state index in [1.807, 2.05) is 0 Å². The van der Waals surface area contributed by atoms with Gasteiger partial charge in [0, 0.05) is 17.7 Å². The lowest BCUT2D eigenvalue weighted by Crippen LogP contribution is -2.07. The maximum Gasteiger partial charge on any atom is 0.311 e. The van der Waals surface area contributed by atoms with Crippen molar-refractivity contribution in [3.8, 4) is 16.9 Å². The second kappa shape index (κ2) is 6.01. The molecule has 0 radical (unpaired) electrons. The van der Waals surface area contributed by atoms with Crippen LogP contribution >= 0.6 is 11.6 Å². The molecule has 3 nitrogen and oxygen atoms in total. The van der Waals surface area contributed by atoms with Gasteiger partial charge in [0.1, 0.15) is 5.82 Å². The molecule has 5 heteroatoms. The number of carbonyl (C=O) groups excluding carboxylic acids is 1. The molecule has 0 fully saturated rings. The zero-order valence-electron chi connectivity index (χ0n) is 11.1. The normalized spacial score (nSPS) is 10.4. The lowest BCUT2D eigenvalue weighted by molar-refractivity contribution is -0.134. The largest absolute Gasteiger partial charge is 0.423 e. The standard InChI is InChI=1S/C15H13ClFNO2/c1-3-13(19)20-12-8-18-9(2)14(15(12)16)10-4-6-11(17)7-5-10/h4-8H,3H2,1-2H3. The Bertz CT molecular complexity index is 641. The minimum Gasteiger partial charge on any atom is -0.423 e. The van der Waals surface area contributed by atoms with Gasteiger partial charge in [0.15, 0.2) is 5.75 Å². The van der Waals surface area contributed by atoms with Crippen LogP contribution in [0.3, 0.4) is 0 Å². The Hall–Kier alpha value is -1.94. The Morgan fingerprint density at radius 1 is 1.35 bits per heavy atom. The number of hydrogen-bond acceptors (Lipinski definition) is 3. The van der Waals surface area contributed by atoms with Crippen LogP contribution < -0.4 is 4.74 Å². The highest BCUT2D eigenvalue weighted by atomic mass is 35.5. The first-order valence-electron chi connectivity index (χ1n) is 6.14. The van der Waals surface area contributed by atoms with Crippen molar-refractivity contribution in [1.29, 1.82) is 0 Å². The van der Waals surface area contributed by atoms with Crippen molar-refractivity contribution in [1.82, 2.24) is 4.98 Å². The van der Waals surface area contributed by atoms with Crippen molar-refractivity contribution in [3.05, 3.63) is 47.0 Å². The number of aromatic nitrogens is 1. The van der Waals surface area contributed by atoms with E-state index in [2.05, 4.69) is 4.98 Å². The van der Waals surface area contributed by atoms with E-state index in [9.17, 15) is 9.18 Å².